The van der Waals surface area contributed by atoms with Crippen LogP contribution in [0.3, 0.4) is 0 Å². The van der Waals surface area contributed by atoms with Gasteiger partial charge in [0.15, 0.2) is 0 Å². The summed E-state index contributed by atoms with van der Waals surface area (Å²) < 4.78 is 0. The summed E-state index contributed by atoms with van der Waals surface area (Å²) in [6, 6.07) is 14.7. The highest BCUT2D eigenvalue weighted by molar-refractivity contribution is 5.81. The summed E-state index contributed by atoms with van der Waals surface area (Å²) in [6.45, 7) is 5.38. The van der Waals surface area contributed by atoms with E-state index in [4.69, 9.17) is 0 Å². The number of hydrogen-bond donors (Lipinski definition) is 1. The van der Waals surface area contributed by atoms with Crippen LogP contribution in [0.2, 0.25) is 0 Å². The normalized spacial score (nSPS) is 17.2. The van der Waals surface area contributed by atoms with Crippen molar-refractivity contribution in [2.75, 3.05) is 20.1 Å². The minimum Gasteiger partial charge on any atom is -0.343 e. The summed E-state index contributed by atoms with van der Waals surface area (Å²) in [4.78, 5) is 24.8. The first-order valence-corrected chi connectivity index (χ1v) is 10.6. The molecule has 0 saturated carbocycles. The number of pyridine rings is 1. The quantitative estimate of drug-likeness (QED) is 0.682. The van der Waals surface area contributed by atoms with Crippen LogP contribution in [0.4, 0.5) is 0 Å². The number of likely N-dealkylation sites (tertiary alicyclic amines) is 1. The molecule has 1 aromatic carbocycles. The van der Waals surface area contributed by atoms with Gasteiger partial charge in [0, 0.05) is 55.8 Å². The van der Waals surface area contributed by atoms with Gasteiger partial charge in [-0.3, -0.25) is 9.69 Å². The van der Waals surface area contributed by atoms with Gasteiger partial charge in [0.1, 0.15) is 5.65 Å². The van der Waals surface area contributed by atoms with Crippen molar-refractivity contribution in [3.8, 4) is 0 Å². The SMILES string of the molecule is CCC(=O)N1CCC[C@H](c2[nH]c3ncccc3c2CN(C)Cc2ccccc2)C1. The number of aromatic amines is 1. The molecule has 1 atom stereocenters. The van der Waals surface area contributed by atoms with Crippen molar-refractivity contribution in [1.29, 1.82) is 0 Å². The van der Waals surface area contributed by atoms with Crippen LogP contribution in [0.1, 0.15) is 48.9 Å². The number of H-pyrrole nitrogens is 1. The zero-order chi connectivity index (χ0) is 20.2. The Hall–Kier alpha value is -2.66. The first-order chi connectivity index (χ1) is 14.2. The molecule has 0 unspecified atom stereocenters. The molecule has 4 rings (SSSR count). The topological polar surface area (TPSA) is 52.2 Å². The van der Waals surface area contributed by atoms with E-state index in [0.717, 1.165) is 44.7 Å². The highest BCUT2D eigenvalue weighted by atomic mass is 16.2. The molecule has 0 bridgehead atoms. The molecular weight excluding hydrogens is 360 g/mol. The standard InChI is InChI=1S/C24H30N4O/c1-3-22(29)28-14-8-11-19(16-28)23-21(20-12-7-13-25-24(20)26-23)17-27(2)15-18-9-5-4-6-10-18/h4-7,9-10,12-13,19H,3,8,11,14-17H2,1-2H3,(H,25,26)/t19-/m0/s1. The number of carbonyl (C=O) groups is 1. The second kappa shape index (κ2) is 8.78. The number of nitrogens with zero attached hydrogens (tertiary/aromatic N) is 3. The number of nitrogens with one attached hydrogen (secondary N) is 1. The van der Waals surface area contributed by atoms with Crippen molar-refractivity contribution in [1.82, 2.24) is 19.8 Å². The summed E-state index contributed by atoms with van der Waals surface area (Å²) in [6.07, 6.45) is 4.58. The predicted molar refractivity (Wildman–Crippen MR) is 117 cm³/mol. The molecule has 1 saturated heterocycles. The Kier molecular flexibility index (Phi) is 5.95. The van der Waals surface area contributed by atoms with Crippen molar-refractivity contribution in [3.63, 3.8) is 0 Å². The second-order valence-electron chi connectivity index (χ2n) is 8.11. The van der Waals surface area contributed by atoms with Crippen molar-refractivity contribution in [3.05, 3.63) is 65.5 Å². The molecule has 1 amide bonds. The van der Waals surface area contributed by atoms with Gasteiger partial charge in [-0.15, -0.1) is 0 Å². The van der Waals surface area contributed by atoms with Crippen LogP contribution >= 0.6 is 0 Å². The van der Waals surface area contributed by atoms with Gasteiger partial charge in [-0.1, -0.05) is 37.3 Å². The van der Waals surface area contributed by atoms with Gasteiger partial charge in [-0.2, -0.15) is 0 Å². The Labute approximate surface area is 172 Å². The average molecular weight is 391 g/mol. The van der Waals surface area contributed by atoms with E-state index in [2.05, 4.69) is 58.3 Å². The van der Waals surface area contributed by atoms with E-state index in [1.807, 2.05) is 24.1 Å². The number of hydrogen-bond acceptors (Lipinski definition) is 3. The Morgan fingerprint density at radius 2 is 2.03 bits per heavy atom. The Bertz CT molecular complexity index is 965. The third kappa shape index (κ3) is 4.35. The van der Waals surface area contributed by atoms with Gasteiger partial charge in [0.05, 0.1) is 0 Å². The Morgan fingerprint density at radius 1 is 1.21 bits per heavy atom. The molecule has 5 heteroatoms. The van der Waals surface area contributed by atoms with Gasteiger partial charge in [-0.05, 0) is 43.1 Å². The Balaban J connectivity index is 1.61. The van der Waals surface area contributed by atoms with Crippen LogP contribution in [0.25, 0.3) is 11.0 Å². The molecule has 3 heterocycles. The Morgan fingerprint density at radius 3 is 2.83 bits per heavy atom. The number of rotatable bonds is 6. The average Bonchev–Trinajstić information content (AvgIpc) is 3.12. The van der Waals surface area contributed by atoms with E-state index in [-0.39, 0.29) is 5.91 Å². The van der Waals surface area contributed by atoms with Crippen molar-refractivity contribution < 1.29 is 4.79 Å². The fourth-order valence-corrected chi connectivity index (χ4v) is 4.50. The van der Waals surface area contributed by atoms with Gasteiger partial charge in [0.2, 0.25) is 5.91 Å². The summed E-state index contributed by atoms with van der Waals surface area (Å²) in [7, 11) is 2.17. The summed E-state index contributed by atoms with van der Waals surface area (Å²) in [5.74, 6) is 0.597. The van der Waals surface area contributed by atoms with Crippen molar-refractivity contribution in [2.45, 2.75) is 45.2 Å². The molecule has 5 nitrogen and oxygen atoms in total. The zero-order valence-corrected chi connectivity index (χ0v) is 17.4. The lowest BCUT2D eigenvalue weighted by atomic mass is 9.91. The lowest BCUT2D eigenvalue weighted by molar-refractivity contribution is -0.132. The van der Waals surface area contributed by atoms with E-state index < -0.39 is 0 Å². The second-order valence-corrected chi connectivity index (χ2v) is 8.11. The molecule has 0 aliphatic carbocycles. The van der Waals surface area contributed by atoms with E-state index in [1.54, 1.807) is 0 Å². The predicted octanol–water partition coefficient (Wildman–Crippen LogP) is 4.31. The van der Waals surface area contributed by atoms with Crippen LogP contribution < -0.4 is 0 Å². The monoisotopic (exact) mass is 390 g/mol. The smallest absolute Gasteiger partial charge is 0.222 e. The summed E-state index contributed by atoms with van der Waals surface area (Å²) >= 11 is 0. The highest BCUT2D eigenvalue weighted by Gasteiger charge is 2.28. The van der Waals surface area contributed by atoms with Crippen LogP contribution in [0, 0.1) is 0 Å². The van der Waals surface area contributed by atoms with Gasteiger partial charge in [-0.25, -0.2) is 4.98 Å². The van der Waals surface area contributed by atoms with E-state index in [1.165, 1.54) is 22.2 Å². The minimum absolute atomic E-state index is 0.256. The van der Waals surface area contributed by atoms with Crippen molar-refractivity contribution >= 4 is 16.9 Å². The van der Waals surface area contributed by atoms with E-state index in [9.17, 15) is 4.79 Å². The molecule has 2 aromatic heterocycles. The van der Waals surface area contributed by atoms with Crippen LogP contribution in [0.5, 0.6) is 0 Å². The van der Waals surface area contributed by atoms with E-state index in [0.29, 0.717) is 12.3 Å². The minimum atomic E-state index is 0.256. The van der Waals surface area contributed by atoms with Crippen molar-refractivity contribution in [2.24, 2.45) is 0 Å². The summed E-state index contributed by atoms with van der Waals surface area (Å²) in [5.41, 5.74) is 4.84. The fourth-order valence-electron chi connectivity index (χ4n) is 4.50. The zero-order valence-electron chi connectivity index (χ0n) is 17.4. The molecule has 29 heavy (non-hydrogen) atoms. The van der Waals surface area contributed by atoms with Gasteiger partial charge < -0.3 is 9.88 Å². The lowest BCUT2D eigenvalue weighted by Gasteiger charge is -2.33. The van der Waals surface area contributed by atoms with Gasteiger partial charge in [0.25, 0.3) is 0 Å². The van der Waals surface area contributed by atoms with Gasteiger partial charge >= 0.3 is 0 Å². The molecule has 3 aromatic rings. The number of fused-ring (bicyclic) bond motifs is 1. The molecule has 1 aliphatic rings. The molecule has 1 N–H and O–H groups in total. The molecular formula is C24H30N4O. The number of piperidine rings is 1. The molecule has 0 radical (unpaired) electrons. The number of benzene rings is 1. The summed E-state index contributed by atoms with van der Waals surface area (Å²) in [5, 5.41) is 1.20. The van der Waals surface area contributed by atoms with E-state index >= 15 is 0 Å². The number of amides is 1. The third-order valence-corrected chi connectivity index (χ3v) is 5.92. The molecule has 0 spiro atoms. The fraction of sp³-hybridized carbons (Fsp3) is 0.417. The maximum Gasteiger partial charge on any atom is 0.222 e. The lowest BCUT2D eigenvalue weighted by Crippen LogP contribution is -2.39. The van der Waals surface area contributed by atoms with Crippen LogP contribution in [-0.2, 0) is 17.9 Å². The molecule has 1 aliphatic heterocycles. The maximum absolute atomic E-state index is 12.3. The molecule has 1 fully saturated rings. The first kappa shape index (κ1) is 19.6. The number of aromatic nitrogens is 2. The largest absolute Gasteiger partial charge is 0.343 e. The number of carbonyl (C=O) groups excluding carboxylic acids is 1. The van der Waals surface area contributed by atoms with Crippen LogP contribution in [0.15, 0.2) is 48.7 Å². The first-order valence-electron chi connectivity index (χ1n) is 10.6. The maximum atomic E-state index is 12.3. The molecule has 152 valence electrons. The highest BCUT2D eigenvalue weighted by Crippen LogP contribution is 2.33. The van der Waals surface area contributed by atoms with Crippen LogP contribution in [-0.4, -0.2) is 45.8 Å². The third-order valence-electron chi connectivity index (χ3n) is 5.92.